The number of fused-ring (bicyclic) bond motifs is 1. The van der Waals surface area contributed by atoms with Crippen molar-refractivity contribution >= 4 is 23.6 Å². The van der Waals surface area contributed by atoms with E-state index >= 15 is 0 Å². The fourth-order valence-corrected chi connectivity index (χ4v) is 5.14. The van der Waals surface area contributed by atoms with Crippen molar-refractivity contribution in [3.05, 3.63) is 42.5 Å². The molecule has 8 heteroatoms. The molecule has 0 radical (unpaired) electrons. The van der Waals surface area contributed by atoms with Crippen LogP contribution < -0.4 is 4.90 Å². The summed E-state index contributed by atoms with van der Waals surface area (Å²) in [5.74, 6) is -1.16. The number of carbonyl (C=O) groups is 3. The zero-order valence-corrected chi connectivity index (χ0v) is 16.9. The monoisotopic (exact) mass is 411 g/mol. The lowest BCUT2D eigenvalue weighted by atomic mass is 9.76. The first-order chi connectivity index (χ1) is 14.5. The van der Waals surface area contributed by atoms with E-state index in [2.05, 4.69) is 0 Å². The second kappa shape index (κ2) is 7.12. The van der Waals surface area contributed by atoms with Gasteiger partial charge in [-0.15, -0.1) is 0 Å². The van der Waals surface area contributed by atoms with E-state index in [1.807, 2.05) is 42.5 Å². The minimum absolute atomic E-state index is 0.0587. The topological polar surface area (TPSA) is 79.4 Å². The van der Waals surface area contributed by atoms with Crippen LogP contribution in [0.3, 0.4) is 0 Å². The number of rotatable bonds is 3. The molecule has 3 saturated heterocycles. The lowest BCUT2D eigenvalue weighted by molar-refractivity contribution is -0.141. The zero-order chi connectivity index (χ0) is 20.9. The SMILES string of the molecule is CCOC(=O)N1CCN(C(=O)[C@H]2[C@H]3C(=O)N(c4ccccc4)C[C@]34C=C[C@H]2O4)CC1. The average Bonchev–Trinajstić information content (AvgIpc) is 3.42. The summed E-state index contributed by atoms with van der Waals surface area (Å²) in [5.41, 5.74) is 0.0889. The third kappa shape index (κ3) is 2.81. The number of ether oxygens (including phenoxy) is 2. The normalized spacial score (nSPS) is 32.0. The maximum Gasteiger partial charge on any atom is 0.409 e. The molecule has 0 N–H and O–H groups in total. The molecule has 4 aliphatic rings. The van der Waals surface area contributed by atoms with Crippen LogP contribution in [0.2, 0.25) is 0 Å². The molecule has 3 fully saturated rings. The third-order valence-corrected chi connectivity index (χ3v) is 6.57. The smallest absolute Gasteiger partial charge is 0.409 e. The lowest BCUT2D eigenvalue weighted by Crippen LogP contribution is -2.54. The van der Waals surface area contributed by atoms with Crippen molar-refractivity contribution in [1.82, 2.24) is 9.80 Å². The van der Waals surface area contributed by atoms with Crippen LogP contribution in [0.15, 0.2) is 42.5 Å². The van der Waals surface area contributed by atoms with Crippen molar-refractivity contribution in [3.63, 3.8) is 0 Å². The van der Waals surface area contributed by atoms with Crippen LogP contribution in [-0.2, 0) is 19.1 Å². The average molecular weight is 411 g/mol. The first-order valence-electron chi connectivity index (χ1n) is 10.5. The van der Waals surface area contributed by atoms with Gasteiger partial charge in [-0.25, -0.2) is 4.79 Å². The number of hydrogen-bond acceptors (Lipinski definition) is 5. The van der Waals surface area contributed by atoms with Crippen molar-refractivity contribution in [2.75, 3.05) is 44.2 Å². The molecule has 0 saturated carbocycles. The fourth-order valence-electron chi connectivity index (χ4n) is 5.14. The van der Waals surface area contributed by atoms with Gasteiger partial charge in [-0.05, 0) is 19.1 Å². The molecule has 158 valence electrons. The molecule has 4 aliphatic heterocycles. The van der Waals surface area contributed by atoms with Crippen molar-refractivity contribution in [3.8, 4) is 0 Å². The number of para-hydroxylation sites is 1. The van der Waals surface area contributed by atoms with Crippen LogP contribution in [0.1, 0.15) is 6.92 Å². The molecule has 0 aromatic heterocycles. The Morgan fingerprint density at radius 2 is 1.83 bits per heavy atom. The van der Waals surface area contributed by atoms with Crippen LogP contribution in [0.4, 0.5) is 10.5 Å². The Hall–Kier alpha value is -2.87. The van der Waals surface area contributed by atoms with Gasteiger partial charge in [0.05, 0.1) is 31.1 Å². The van der Waals surface area contributed by atoms with Gasteiger partial charge in [0.1, 0.15) is 5.60 Å². The second-order valence-electron chi connectivity index (χ2n) is 8.17. The molecular weight excluding hydrogens is 386 g/mol. The first kappa shape index (κ1) is 19.1. The Morgan fingerprint density at radius 3 is 2.53 bits per heavy atom. The van der Waals surface area contributed by atoms with Crippen LogP contribution in [0.5, 0.6) is 0 Å². The Kier molecular flexibility index (Phi) is 4.54. The zero-order valence-electron chi connectivity index (χ0n) is 16.9. The Labute approximate surface area is 175 Å². The number of nitrogens with zero attached hydrogens (tertiary/aromatic N) is 3. The summed E-state index contributed by atoms with van der Waals surface area (Å²) in [6, 6.07) is 9.50. The molecule has 0 unspecified atom stereocenters. The van der Waals surface area contributed by atoms with E-state index in [9.17, 15) is 14.4 Å². The van der Waals surface area contributed by atoms with Crippen LogP contribution >= 0.6 is 0 Å². The highest BCUT2D eigenvalue weighted by Gasteiger charge is 2.67. The minimum Gasteiger partial charge on any atom is -0.450 e. The number of anilines is 1. The second-order valence-corrected chi connectivity index (χ2v) is 8.17. The van der Waals surface area contributed by atoms with Crippen molar-refractivity contribution in [1.29, 1.82) is 0 Å². The summed E-state index contributed by atoms with van der Waals surface area (Å²) in [6.07, 6.45) is 3.17. The molecule has 5 rings (SSSR count). The highest BCUT2D eigenvalue weighted by atomic mass is 16.6. The van der Waals surface area contributed by atoms with E-state index in [1.165, 1.54) is 0 Å². The predicted octanol–water partition coefficient (Wildman–Crippen LogP) is 1.27. The Bertz CT molecular complexity index is 895. The molecule has 1 spiro atoms. The number of hydrogen-bond donors (Lipinski definition) is 0. The predicted molar refractivity (Wildman–Crippen MR) is 108 cm³/mol. The number of carbonyl (C=O) groups excluding carboxylic acids is 3. The van der Waals surface area contributed by atoms with E-state index in [4.69, 9.17) is 9.47 Å². The van der Waals surface area contributed by atoms with Gasteiger partial charge in [0.2, 0.25) is 11.8 Å². The minimum atomic E-state index is -0.731. The molecule has 3 amide bonds. The van der Waals surface area contributed by atoms with Gasteiger partial charge in [0, 0.05) is 31.9 Å². The summed E-state index contributed by atoms with van der Waals surface area (Å²) in [5, 5.41) is 0. The molecule has 1 aromatic rings. The molecule has 0 aliphatic carbocycles. The van der Waals surface area contributed by atoms with E-state index in [0.717, 1.165) is 5.69 Å². The van der Waals surface area contributed by atoms with Gasteiger partial charge in [-0.1, -0.05) is 30.4 Å². The van der Waals surface area contributed by atoms with Crippen molar-refractivity contribution in [2.45, 2.75) is 18.6 Å². The highest BCUT2D eigenvalue weighted by molar-refractivity contribution is 6.03. The maximum atomic E-state index is 13.4. The first-order valence-corrected chi connectivity index (χ1v) is 10.5. The number of amides is 3. The molecule has 2 bridgehead atoms. The van der Waals surface area contributed by atoms with Crippen LogP contribution in [0, 0.1) is 11.8 Å². The van der Waals surface area contributed by atoms with E-state index in [-0.39, 0.29) is 24.0 Å². The standard InChI is InChI=1S/C22H25N3O5/c1-2-29-21(28)24-12-10-23(11-13-24)19(26)17-16-8-9-22(30-16)14-25(20(27)18(17)22)15-6-4-3-5-7-15/h3-9,16-18H,2,10-14H2,1H3/t16-,17-,18+,22-/m1/s1. The Balaban J connectivity index is 1.33. The molecule has 30 heavy (non-hydrogen) atoms. The highest BCUT2D eigenvalue weighted by Crippen LogP contribution is 2.53. The summed E-state index contributed by atoms with van der Waals surface area (Å²) < 4.78 is 11.3. The quantitative estimate of drug-likeness (QED) is 0.700. The molecule has 4 heterocycles. The van der Waals surface area contributed by atoms with Crippen molar-refractivity contribution in [2.24, 2.45) is 11.8 Å². The maximum absolute atomic E-state index is 13.4. The summed E-state index contributed by atoms with van der Waals surface area (Å²) >= 11 is 0. The van der Waals surface area contributed by atoms with Gasteiger partial charge in [-0.2, -0.15) is 0 Å². The molecule has 8 nitrogen and oxygen atoms in total. The van der Waals surface area contributed by atoms with E-state index < -0.39 is 17.4 Å². The third-order valence-electron chi connectivity index (χ3n) is 6.57. The van der Waals surface area contributed by atoms with Crippen molar-refractivity contribution < 1.29 is 23.9 Å². The fraction of sp³-hybridized carbons (Fsp3) is 0.500. The van der Waals surface area contributed by atoms with Gasteiger partial charge in [0.15, 0.2) is 0 Å². The summed E-state index contributed by atoms with van der Waals surface area (Å²) in [6.45, 7) is 4.25. The lowest BCUT2D eigenvalue weighted by Gasteiger charge is -2.36. The number of piperazine rings is 1. The molecular formula is C22H25N3O5. The van der Waals surface area contributed by atoms with E-state index in [1.54, 1.807) is 21.6 Å². The van der Waals surface area contributed by atoms with Gasteiger partial charge < -0.3 is 24.2 Å². The number of benzene rings is 1. The molecule has 4 atom stereocenters. The Morgan fingerprint density at radius 1 is 1.13 bits per heavy atom. The van der Waals surface area contributed by atoms with Gasteiger partial charge in [-0.3, -0.25) is 9.59 Å². The van der Waals surface area contributed by atoms with E-state index in [0.29, 0.717) is 39.3 Å². The molecule has 1 aromatic carbocycles. The summed E-state index contributed by atoms with van der Waals surface area (Å²) in [4.78, 5) is 43.8. The van der Waals surface area contributed by atoms with Crippen LogP contribution in [0.25, 0.3) is 0 Å². The van der Waals surface area contributed by atoms with Gasteiger partial charge >= 0.3 is 6.09 Å². The largest absolute Gasteiger partial charge is 0.450 e. The summed E-state index contributed by atoms with van der Waals surface area (Å²) in [7, 11) is 0. The van der Waals surface area contributed by atoms with Crippen LogP contribution in [-0.4, -0.2) is 78.7 Å². The van der Waals surface area contributed by atoms with Gasteiger partial charge in [0.25, 0.3) is 0 Å².